The van der Waals surface area contributed by atoms with E-state index in [1.54, 1.807) is 0 Å². The van der Waals surface area contributed by atoms with Crippen LogP contribution in [0.25, 0.3) is 0 Å². The Bertz CT molecular complexity index is 552. The monoisotopic (exact) mass is 271 g/mol. The van der Waals surface area contributed by atoms with Gasteiger partial charge in [-0.15, -0.1) is 0 Å². The van der Waals surface area contributed by atoms with Crippen LogP contribution in [0.4, 0.5) is 0 Å². The Hall–Kier alpha value is -1.97. The van der Waals surface area contributed by atoms with E-state index in [2.05, 4.69) is 0 Å². The van der Waals surface area contributed by atoms with Crippen LogP contribution >= 0.6 is 0 Å². The molecule has 2 unspecified atom stereocenters. The largest absolute Gasteiger partial charge is 0.299 e. The molecule has 1 aliphatic carbocycles. The number of carbonyl (C=O) groups is 3. The summed E-state index contributed by atoms with van der Waals surface area (Å²) in [5, 5.41) is 0. The van der Waals surface area contributed by atoms with Crippen LogP contribution in [0.1, 0.15) is 31.2 Å². The van der Waals surface area contributed by atoms with Crippen LogP contribution in [0, 0.1) is 11.8 Å². The van der Waals surface area contributed by atoms with Gasteiger partial charge in [0.15, 0.2) is 0 Å². The Morgan fingerprint density at radius 1 is 1.05 bits per heavy atom. The van der Waals surface area contributed by atoms with E-state index in [1.807, 2.05) is 30.3 Å². The molecule has 0 bridgehead atoms. The zero-order valence-corrected chi connectivity index (χ0v) is 11.2. The van der Waals surface area contributed by atoms with Crippen LogP contribution in [0.5, 0.6) is 0 Å². The number of hydrogen-bond donors (Lipinski definition) is 0. The molecule has 3 rings (SSSR count). The predicted octanol–water partition coefficient (Wildman–Crippen LogP) is 1.93. The van der Waals surface area contributed by atoms with Gasteiger partial charge in [-0.2, -0.15) is 0 Å². The molecule has 1 aromatic rings. The van der Waals surface area contributed by atoms with Crippen molar-refractivity contribution in [1.29, 1.82) is 0 Å². The van der Waals surface area contributed by atoms with Gasteiger partial charge < -0.3 is 0 Å². The Morgan fingerprint density at radius 2 is 1.80 bits per heavy atom. The molecule has 1 aromatic carbocycles. The van der Waals surface area contributed by atoms with Gasteiger partial charge in [-0.25, -0.2) is 0 Å². The van der Waals surface area contributed by atoms with Crippen LogP contribution < -0.4 is 0 Å². The van der Waals surface area contributed by atoms with E-state index < -0.39 is 5.92 Å². The molecule has 0 radical (unpaired) electrons. The molecular weight excluding hydrogens is 254 g/mol. The molecule has 1 aliphatic heterocycles. The summed E-state index contributed by atoms with van der Waals surface area (Å²) in [6, 6.07) is 9.47. The number of Topliss-reactive ketones (excluding diaryl/α,β-unsaturated/α-hetero) is 1. The summed E-state index contributed by atoms with van der Waals surface area (Å²) in [7, 11) is 0. The van der Waals surface area contributed by atoms with Crippen molar-refractivity contribution in [2.24, 2.45) is 11.8 Å². The molecule has 1 heterocycles. The minimum absolute atomic E-state index is 0.149. The third-order valence-electron chi connectivity index (χ3n) is 4.30. The lowest BCUT2D eigenvalue weighted by atomic mass is 9.89. The molecule has 0 N–H and O–H groups in total. The van der Waals surface area contributed by atoms with Crippen LogP contribution in [-0.4, -0.2) is 22.5 Å². The summed E-state index contributed by atoms with van der Waals surface area (Å²) in [5.74, 6) is -0.811. The summed E-state index contributed by atoms with van der Waals surface area (Å²) in [6.45, 7) is 0.315. The topological polar surface area (TPSA) is 54.5 Å². The number of hydrogen-bond acceptors (Lipinski definition) is 3. The molecule has 1 saturated carbocycles. The van der Waals surface area contributed by atoms with E-state index >= 15 is 0 Å². The first kappa shape index (κ1) is 13.0. The average Bonchev–Trinajstić information content (AvgIpc) is 2.98. The highest BCUT2D eigenvalue weighted by molar-refractivity contribution is 6.05. The van der Waals surface area contributed by atoms with Crippen molar-refractivity contribution in [3.63, 3.8) is 0 Å². The Morgan fingerprint density at radius 3 is 2.45 bits per heavy atom. The van der Waals surface area contributed by atoms with E-state index in [-0.39, 0.29) is 29.9 Å². The van der Waals surface area contributed by atoms with Crippen molar-refractivity contribution in [3.8, 4) is 0 Å². The summed E-state index contributed by atoms with van der Waals surface area (Å²) in [6.07, 6.45) is 2.35. The number of benzene rings is 1. The van der Waals surface area contributed by atoms with Gasteiger partial charge in [-0.05, 0) is 18.4 Å². The van der Waals surface area contributed by atoms with Gasteiger partial charge in [0.05, 0.1) is 12.5 Å². The standard InChI is InChI=1S/C16H17NO3/c18-14-8-4-7-12(14)13-9-15(19)17(16(13)20)10-11-5-2-1-3-6-11/h1-3,5-6,12-13H,4,7-10H2. The van der Waals surface area contributed by atoms with Crippen molar-refractivity contribution >= 4 is 17.6 Å². The lowest BCUT2D eigenvalue weighted by Crippen LogP contribution is -2.32. The number of ketones is 1. The molecule has 4 heteroatoms. The van der Waals surface area contributed by atoms with E-state index in [0.717, 1.165) is 18.4 Å². The zero-order valence-electron chi connectivity index (χ0n) is 11.2. The predicted molar refractivity (Wildman–Crippen MR) is 72.5 cm³/mol. The van der Waals surface area contributed by atoms with E-state index in [0.29, 0.717) is 13.0 Å². The molecule has 2 amide bonds. The lowest BCUT2D eigenvalue weighted by Gasteiger charge is -2.17. The third kappa shape index (κ3) is 2.26. The van der Waals surface area contributed by atoms with E-state index in [9.17, 15) is 14.4 Å². The maximum absolute atomic E-state index is 12.4. The molecule has 2 atom stereocenters. The zero-order chi connectivity index (χ0) is 14.1. The number of nitrogens with zero attached hydrogens (tertiary/aromatic N) is 1. The SMILES string of the molecule is O=C1CCCC1C1CC(=O)N(Cc2ccccc2)C1=O. The van der Waals surface area contributed by atoms with Gasteiger partial charge in [0.1, 0.15) is 5.78 Å². The first-order valence-electron chi connectivity index (χ1n) is 7.07. The first-order valence-corrected chi connectivity index (χ1v) is 7.07. The summed E-state index contributed by atoms with van der Waals surface area (Å²) < 4.78 is 0. The van der Waals surface area contributed by atoms with Crippen LogP contribution in [0.2, 0.25) is 0 Å². The minimum atomic E-state index is -0.416. The van der Waals surface area contributed by atoms with Gasteiger partial charge >= 0.3 is 0 Å². The lowest BCUT2D eigenvalue weighted by molar-refractivity contribution is -0.141. The molecule has 20 heavy (non-hydrogen) atoms. The number of imide groups is 1. The maximum Gasteiger partial charge on any atom is 0.233 e. The normalized spacial score (nSPS) is 26.6. The van der Waals surface area contributed by atoms with Crippen molar-refractivity contribution in [2.75, 3.05) is 0 Å². The van der Waals surface area contributed by atoms with Gasteiger partial charge in [-0.1, -0.05) is 30.3 Å². The van der Waals surface area contributed by atoms with Crippen LogP contribution in [0.3, 0.4) is 0 Å². The second-order valence-corrected chi connectivity index (χ2v) is 5.58. The second kappa shape index (κ2) is 5.19. The van der Waals surface area contributed by atoms with Crippen LogP contribution in [-0.2, 0) is 20.9 Å². The summed E-state index contributed by atoms with van der Waals surface area (Å²) in [4.78, 5) is 37.6. The van der Waals surface area contributed by atoms with Crippen molar-refractivity contribution < 1.29 is 14.4 Å². The second-order valence-electron chi connectivity index (χ2n) is 5.58. The molecule has 0 spiro atoms. The highest BCUT2D eigenvalue weighted by atomic mass is 16.2. The Balaban J connectivity index is 1.75. The van der Waals surface area contributed by atoms with E-state index in [4.69, 9.17) is 0 Å². The molecule has 1 saturated heterocycles. The number of amides is 2. The minimum Gasteiger partial charge on any atom is -0.299 e. The number of likely N-dealkylation sites (tertiary alicyclic amines) is 1. The number of rotatable bonds is 3. The first-order chi connectivity index (χ1) is 9.66. The van der Waals surface area contributed by atoms with Gasteiger partial charge in [-0.3, -0.25) is 19.3 Å². The fourth-order valence-electron chi connectivity index (χ4n) is 3.22. The quantitative estimate of drug-likeness (QED) is 0.789. The summed E-state index contributed by atoms with van der Waals surface area (Å²) >= 11 is 0. The van der Waals surface area contributed by atoms with E-state index in [1.165, 1.54) is 4.90 Å². The third-order valence-corrected chi connectivity index (χ3v) is 4.30. The highest BCUT2D eigenvalue weighted by Gasteiger charge is 2.46. The van der Waals surface area contributed by atoms with Crippen molar-refractivity contribution in [1.82, 2.24) is 4.90 Å². The van der Waals surface area contributed by atoms with Gasteiger partial charge in [0.2, 0.25) is 11.8 Å². The fraction of sp³-hybridized carbons (Fsp3) is 0.438. The van der Waals surface area contributed by atoms with Gasteiger partial charge in [0.25, 0.3) is 0 Å². The maximum atomic E-state index is 12.4. The van der Waals surface area contributed by atoms with Crippen LogP contribution in [0.15, 0.2) is 30.3 Å². The average molecular weight is 271 g/mol. The van der Waals surface area contributed by atoms with Crippen molar-refractivity contribution in [3.05, 3.63) is 35.9 Å². The van der Waals surface area contributed by atoms with Gasteiger partial charge in [0, 0.05) is 18.8 Å². The van der Waals surface area contributed by atoms with Crippen molar-refractivity contribution in [2.45, 2.75) is 32.2 Å². The molecular formula is C16H17NO3. The Kier molecular flexibility index (Phi) is 3.38. The molecule has 2 aliphatic rings. The highest BCUT2D eigenvalue weighted by Crippen LogP contribution is 2.35. The Labute approximate surface area is 117 Å². The smallest absolute Gasteiger partial charge is 0.233 e. The summed E-state index contributed by atoms with van der Waals surface area (Å²) in [5.41, 5.74) is 0.938. The molecule has 2 fully saturated rings. The molecule has 4 nitrogen and oxygen atoms in total. The fourth-order valence-corrected chi connectivity index (χ4v) is 3.22. The molecule has 104 valence electrons. The molecule has 0 aromatic heterocycles. The number of carbonyl (C=O) groups excluding carboxylic acids is 3.